The van der Waals surface area contributed by atoms with Gasteiger partial charge in [0.05, 0.1) is 7.11 Å². The number of ether oxygens (including phenoxy) is 1. The minimum atomic E-state index is -3.86. The minimum Gasteiger partial charge on any atom is -0.468 e. The summed E-state index contributed by atoms with van der Waals surface area (Å²) in [5.74, 6) is -0.664. The maximum Gasteiger partial charge on any atom is 0.325 e. The average Bonchev–Trinajstić information content (AvgIpc) is 2.31. The van der Waals surface area contributed by atoms with Crippen molar-refractivity contribution in [2.75, 3.05) is 11.8 Å². The molecule has 8 heteroatoms. The van der Waals surface area contributed by atoms with Crippen LogP contribution in [0.3, 0.4) is 0 Å². The molecule has 1 aromatic rings. The number of halogens is 1. The summed E-state index contributed by atoms with van der Waals surface area (Å²) in [4.78, 5) is 15.1. The maximum absolute atomic E-state index is 11.8. The molecule has 1 rings (SSSR count). The van der Waals surface area contributed by atoms with Gasteiger partial charge in [0.15, 0.2) is 5.25 Å². The van der Waals surface area contributed by atoms with Gasteiger partial charge in [-0.05, 0) is 41.4 Å². The molecule has 0 aromatic carbocycles. The normalized spacial score (nSPS) is 12.9. The van der Waals surface area contributed by atoms with Crippen molar-refractivity contribution in [2.24, 2.45) is 0 Å². The summed E-state index contributed by atoms with van der Waals surface area (Å²) in [5, 5.41) is -1.30. The third-order valence-electron chi connectivity index (χ3n) is 2.29. The van der Waals surface area contributed by atoms with E-state index in [0.717, 1.165) is 17.1 Å². The third-order valence-corrected chi connectivity index (χ3v) is 4.74. The predicted molar refractivity (Wildman–Crippen MR) is 70.7 cm³/mol. The Bertz CT molecular complexity index is 559. The molecule has 0 aliphatic carbocycles. The van der Waals surface area contributed by atoms with Crippen LogP contribution < -0.4 is 4.72 Å². The number of aromatic nitrogens is 1. The van der Waals surface area contributed by atoms with Crippen LogP contribution in [0.25, 0.3) is 0 Å². The van der Waals surface area contributed by atoms with Crippen LogP contribution in [0.15, 0.2) is 16.7 Å². The highest BCUT2D eigenvalue weighted by Gasteiger charge is 2.29. The van der Waals surface area contributed by atoms with Gasteiger partial charge in [-0.3, -0.25) is 9.52 Å². The van der Waals surface area contributed by atoms with Gasteiger partial charge in [-0.15, -0.1) is 0 Å². The number of methoxy groups -OCH3 is 1. The zero-order valence-corrected chi connectivity index (χ0v) is 12.5. The van der Waals surface area contributed by atoms with Crippen LogP contribution in [0.2, 0.25) is 0 Å². The highest BCUT2D eigenvalue weighted by molar-refractivity contribution is 9.10. The Morgan fingerprint density at radius 1 is 1.56 bits per heavy atom. The van der Waals surface area contributed by atoms with Crippen molar-refractivity contribution in [1.82, 2.24) is 4.98 Å². The lowest BCUT2D eigenvalue weighted by atomic mass is 10.3. The lowest BCUT2D eigenvalue weighted by Crippen LogP contribution is -2.33. The lowest BCUT2D eigenvalue weighted by Gasteiger charge is -2.12. The molecular formula is C10H13BrN2O4S. The maximum atomic E-state index is 11.8. The van der Waals surface area contributed by atoms with Crippen molar-refractivity contribution < 1.29 is 17.9 Å². The Balaban J connectivity index is 2.95. The monoisotopic (exact) mass is 336 g/mol. The molecule has 0 aliphatic rings. The molecule has 0 radical (unpaired) electrons. The van der Waals surface area contributed by atoms with E-state index in [1.165, 1.54) is 13.1 Å². The van der Waals surface area contributed by atoms with Crippen molar-refractivity contribution >= 4 is 37.7 Å². The first kappa shape index (κ1) is 14.9. The minimum absolute atomic E-state index is 0.159. The van der Waals surface area contributed by atoms with Crippen LogP contribution in [0.5, 0.6) is 0 Å². The number of hydrogen-bond acceptors (Lipinski definition) is 5. The second-order valence-electron chi connectivity index (χ2n) is 3.63. The van der Waals surface area contributed by atoms with E-state index in [2.05, 4.69) is 30.4 Å². The molecule has 0 spiro atoms. The fraction of sp³-hybridized carbons (Fsp3) is 0.400. The molecule has 6 nitrogen and oxygen atoms in total. The van der Waals surface area contributed by atoms with E-state index in [1.807, 2.05) is 0 Å². The largest absolute Gasteiger partial charge is 0.468 e. The van der Waals surface area contributed by atoms with Crippen LogP contribution in [0.4, 0.5) is 5.82 Å². The second-order valence-corrected chi connectivity index (χ2v) is 6.49. The summed E-state index contributed by atoms with van der Waals surface area (Å²) >= 11 is 3.26. The molecule has 1 unspecified atom stereocenters. The first-order chi connectivity index (χ1) is 8.27. The topological polar surface area (TPSA) is 85.4 Å². The SMILES string of the molecule is COC(=O)C(C)S(=O)(=O)Nc1cc(C)c(Br)cn1. The first-order valence-corrected chi connectivity index (χ1v) is 7.33. The zero-order valence-electron chi connectivity index (χ0n) is 10.1. The van der Waals surface area contributed by atoms with Gasteiger partial charge in [0.25, 0.3) is 0 Å². The van der Waals surface area contributed by atoms with Gasteiger partial charge in [0, 0.05) is 10.7 Å². The number of sulfonamides is 1. The Morgan fingerprint density at radius 3 is 2.67 bits per heavy atom. The molecule has 1 heterocycles. The molecule has 100 valence electrons. The van der Waals surface area contributed by atoms with E-state index in [1.54, 1.807) is 13.0 Å². The van der Waals surface area contributed by atoms with Crippen molar-refractivity contribution in [3.63, 3.8) is 0 Å². The number of hydrogen-bond donors (Lipinski definition) is 1. The molecule has 1 atom stereocenters. The van der Waals surface area contributed by atoms with Gasteiger partial charge in [0.2, 0.25) is 10.0 Å². The highest BCUT2D eigenvalue weighted by atomic mass is 79.9. The van der Waals surface area contributed by atoms with Gasteiger partial charge in [0.1, 0.15) is 5.82 Å². The van der Waals surface area contributed by atoms with E-state index < -0.39 is 21.2 Å². The van der Waals surface area contributed by atoms with E-state index >= 15 is 0 Å². The summed E-state index contributed by atoms with van der Waals surface area (Å²) < 4.78 is 31.1. The number of pyridine rings is 1. The van der Waals surface area contributed by atoms with Crippen molar-refractivity contribution in [3.8, 4) is 0 Å². The van der Waals surface area contributed by atoms with Crippen molar-refractivity contribution in [2.45, 2.75) is 19.1 Å². The molecule has 0 fully saturated rings. The van der Waals surface area contributed by atoms with Gasteiger partial charge >= 0.3 is 5.97 Å². The summed E-state index contributed by atoms with van der Waals surface area (Å²) in [6.45, 7) is 3.05. The highest BCUT2D eigenvalue weighted by Crippen LogP contribution is 2.18. The standard InChI is InChI=1S/C10H13BrN2O4S/c1-6-4-9(12-5-8(6)11)13-18(15,16)7(2)10(14)17-3/h4-5,7H,1-3H3,(H,12,13). The Kier molecular flexibility index (Phi) is 4.69. The quantitative estimate of drug-likeness (QED) is 0.841. The average molecular weight is 337 g/mol. The van der Waals surface area contributed by atoms with Gasteiger partial charge in [-0.25, -0.2) is 13.4 Å². The Labute approximate surface area is 114 Å². The van der Waals surface area contributed by atoms with Crippen LogP contribution in [-0.4, -0.2) is 31.7 Å². The Hall–Kier alpha value is -1.15. The summed E-state index contributed by atoms with van der Waals surface area (Å²) in [5.41, 5.74) is 0.827. The smallest absolute Gasteiger partial charge is 0.325 e. The fourth-order valence-corrected chi connectivity index (χ4v) is 2.27. The number of nitrogens with one attached hydrogen (secondary N) is 1. The first-order valence-electron chi connectivity index (χ1n) is 4.99. The van der Waals surface area contributed by atoms with Crippen LogP contribution in [-0.2, 0) is 19.6 Å². The zero-order chi connectivity index (χ0) is 13.9. The third kappa shape index (κ3) is 3.42. The van der Waals surface area contributed by atoms with Gasteiger partial charge < -0.3 is 4.74 Å². The molecule has 0 bridgehead atoms. The molecule has 0 amide bonds. The van der Waals surface area contributed by atoms with Crippen LogP contribution in [0.1, 0.15) is 12.5 Å². The van der Waals surface area contributed by atoms with Gasteiger partial charge in [-0.2, -0.15) is 0 Å². The van der Waals surface area contributed by atoms with Crippen LogP contribution >= 0.6 is 15.9 Å². The Morgan fingerprint density at radius 2 is 2.17 bits per heavy atom. The van der Waals surface area contributed by atoms with E-state index in [9.17, 15) is 13.2 Å². The number of nitrogens with zero attached hydrogens (tertiary/aromatic N) is 1. The van der Waals surface area contributed by atoms with E-state index in [4.69, 9.17) is 0 Å². The van der Waals surface area contributed by atoms with Gasteiger partial charge in [-0.1, -0.05) is 0 Å². The molecular weight excluding hydrogens is 324 g/mol. The number of carbonyl (C=O) groups excluding carboxylic acids is 1. The van der Waals surface area contributed by atoms with Crippen molar-refractivity contribution in [3.05, 3.63) is 22.3 Å². The molecule has 0 saturated heterocycles. The summed E-state index contributed by atoms with van der Waals surface area (Å²) in [6, 6.07) is 1.56. The molecule has 1 N–H and O–H groups in total. The second kappa shape index (κ2) is 5.66. The fourth-order valence-electron chi connectivity index (χ4n) is 1.12. The number of carbonyl (C=O) groups is 1. The number of rotatable bonds is 4. The molecule has 18 heavy (non-hydrogen) atoms. The van der Waals surface area contributed by atoms with Crippen molar-refractivity contribution in [1.29, 1.82) is 0 Å². The van der Waals surface area contributed by atoms with Crippen LogP contribution in [0, 0.1) is 6.92 Å². The summed E-state index contributed by atoms with van der Waals surface area (Å²) in [7, 11) is -2.72. The number of esters is 1. The lowest BCUT2D eigenvalue weighted by molar-refractivity contribution is -0.139. The summed E-state index contributed by atoms with van der Waals surface area (Å²) in [6.07, 6.45) is 1.48. The molecule has 0 aliphatic heterocycles. The predicted octanol–water partition coefficient (Wildman–Crippen LogP) is 1.46. The molecule has 0 saturated carbocycles. The van der Waals surface area contributed by atoms with E-state index in [0.29, 0.717) is 0 Å². The molecule has 1 aromatic heterocycles. The number of anilines is 1. The number of aryl methyl sites for hydroxylation is 1. The van der Waals surface area contributed by atoms with E-state index in [-0.39, 0.29) is 5.82 Å².